The van der Waals surface area contributed by atoms with E-state index in [9.17, 15) is 9.18 Å². The maximum atomic E-state index is 13.5. The van der Waals surface area contributed by atoms with Crippen LogP contribution in [0, 0.1) is 5.82 Å². The van der Waals surface area contributed by atoms with E-state index in [0.29, 0.717) is 11.3 Å². The Bertz CT molecular complexity index is 646. The van der Waals surface area contributed by atoms with Gasteiger partial charge >= 0.3 is 0 Å². The van der Waals surface area contributed by atoms with Crippen molar-refractivity contribution >= 4 is 33.5 Å². The Morgan fingerprint density at radius 1 is 1.29 bits per heavy atom. The fraction of sp³-hybridized carbons (Fsp3) is 0.188. The average Bonchev–Trinajstić information content (AvgIpc) is 2.46. The Morgan fingerprint density at radius 2 is 2.05 bits per heavy atom. The minimum atomic E-state index is -0.289. The first-order valence-electron chi connectivity index (χ1n) is 6.31. The molecule has 0 atom stereocenters. The molecule has 0 bridgehead atoms. The van der Waals surface area contributed by atoms with Crippen molar-refractivity contribution in [3.8, 4) is 5.75 Å². The van der Waals surface area contributed by atoms with E-state index in [4.69, 9.17) is 4.74 Å². The monoisotopic (exact) mass is 368 g/mol. The van der Waals surface area contributed by atoms with Crippen LogP contribution in [0.25, 0.3) is 0 Å². The topological polar surface area (TPSA) is 26.3 Å². The second-order valence-electron chi connectivity index (χ2n) is 4.40. The lowest BCUT2D eigenvalue weighted by atomic mass is 10.1. The molecule has 0 heterocycles. The van der Waals surface area contributed by atoms with Gasteiger partial charge in [-0.1, -0.05) is 18.2 Å². The van der Waals surface area contributed by atoms with Crippen molar-refractivity contribution in [3.05, 3.63) is 58.3 Å². The van der Waals surface area contributed by atoms with Crippen LogP contribution < -0.4 is 4.74 Å². The van der Waals surface area contributed by atoms with Gasteiger partial charge in [-0.05, 0) is 45.8 Å². The number of carbonyl (C=O) groups excluding carboxylic acids is 1. The van der Waals surface area contributed by atoms with E-state index in [2.05, 4.69) is 15.9 Å². The maximum Gasteiger partial charge on any atom is 0.147 e. The standard InChI is InChI=1S/C16H14BrFO2S/c1-20-15-7-6-11(9-13(15)17)8-12(19)10-21-16-5-3-2-4-14(16)18/h2-7,9H,8,10H2,1H3. The van der Waals surface area contributed by atoms with Crippen LogP contribution in [0.15, 0.2) is 51.8 Å². The SMILES string of the molecule is COc1ccc(CC(=O)CSc2ccccc2F)cc1Br. The number of hydrogen-bond acceptors (Lipinski definition) is 3. The summed E-state index contributed by atoms with van der Waals surface area (Å²) in [6.07, 6.45) is 0.323. The molecule has 0 N–H and O–H groups in total. The van der Waals surface area contributed by atoms with Crippen molar-refractivity contribution in [2.45, 2.75) is 11.3 Å². The van der Waals surface area contributed by atoms with Crippen LogP contribution >= 0.6 is 27.7 Å². The lowest BCUT2D eigenvalue weighted by Crippen LogP contribution is -2.06. The quantitative estimate of drug-likeness (QED) is 0.702. The molecule has 0 saturated heterocycles. The van der Waals surface area contributed by atoms with Crippen LogP contribution in [0.3, 0.4) is 0 Å². The number of rotatable bonds is 6. The van der Waals surface area contributed by atoms with Gasteiger partial charge in [0.25, 0.3) is 0 Å². The highest BCUT2D eigenvalue weighted by Gasteiger charge is 2.09. The van der Waals surface area contributed by atoms with Gasteiger partial charge in [0.1, 0.15) is 17.3 Å². The molecule has 0 aromatic heterocycles. The maximum absolute atomic E-state index is 13.5. The lowest BCUT2D eigenvalue weighted by Gasteiger charge is -2.06. The Labute approximate surface area is 135 Å². The third-order valence-corrected chi connectivity index (χ3v) is 4.57. The Kier molecular flexibility index (Phi) is 5.82. The van der Waals surface area contributed by atoms with Crippen LogP contribution in [-0.4, -0.2) is 18.6 Å². The lowest BCUT2D eigenvalue weighted by molar-refractivity contribution is -0.116. The van der Waals surface area contributed by atoms with Gasteiger partial charge in [0.05, 0.1) is 17.3 Å². The molecule has 0 saturated carbocycles. The molecule has 0 aliphatic carbocycles. The number of ether oxygens (including phenoxy) is 1. The molecule has 0 aliphatic rings. The number of thioether (sulfide) groups is 1. The molecule has 0 aliphatic heterocycles. The highest BCUT2D eigenvalue weighted by atomic mass is 79.9. The molecule has 21 heavy (non-hydrogen) atoms. The number of halogens is 2. The number of benzene rings is 2. The normalized spacial score (nSPS) is 10.4. The number of ketones is 1. The van der Waals surface area contributed by atoms with E-state index in [1.807, 2.05) is 18.2 Å². The highest BCUT2D eigenvalue weighted by molar-refractivity contribution is 9.10. The second-order valence-corrected chi connectivity index (χ2v) is 6.27. The number of methoxy groups -OCH3 is 1. The minimum Gasteiger partial charge on any atom is -0.496 e. The molecule has 0 spiro atoms. The molecule has 2 nitrogen and oxygen atoms in total. The first-order valence-corrected chi connectivity index (χ1v) is 8.09. The Hall–Kier alpha value is -1.33. The van der Waals surface area contributed by atoms with E-state index in [1.54, 1.807) is 25.3 Å². The smallest absolute Gasteiger partial charge is 0.147 e. The largest absolute Gasteiger partial charge is 0.496 e. The fourth-order valence-electron chi connectivity index (χ4n) is 1.82. The first-order chi connectivity index (χ1) is 10.1. The van der Waals surface area contributed by atoms with Gasteiger partial charge in [-0.2, -0.15) is 0 Å². The minimum absolute atomic E-state index is 0.0559. The summed E-state index contributed by atoms with van der Waals surface area (Å²) in [5.41, 5.74) is 0.904. The van der Waals surface area contributed by atoms with Crippen molar-refractivity contribution in [1.82, 2.24) is 0 Å². The molecule has 110 valence electrons. The van der Waals surface area contributed by atoms with E-state index in [0.717, 1.165) is 15.8 Å². The van der Waals surface area contributed by atoms with Crippen molar-refractivity contribution in [2.75, 3.05) is 12.9 Å². The summed E-state index contributed by atoms with van der Waals surface area (Å²) in [5.74, 6) is 0.750. The zero-order chi connectivity index (χ0) is 15.2. The number of hydrogen-bond donors (Lipinski definition) is 0. The van der Waals surface area contributed by atoms with Gasteiger partial charge < -0.3 is 4.74 Å². The van der Waals surface area contributed by atoms with Gasteiger partial charge in [-0.15, -0.1) is 11.8 Å². The zero-order valence-electron chi connectivity index (χ0n) is 11.4. The van der Waals surface area contributed by atoms with E-state index < -0.39 is 0 Å². The summed E-state index contributed by atoms with van der Waals surface area (Å²) in [6.45, 7) is 0. The third kappa shape index (κ3) is 4.58. The molecule has 0 amide bonds. The van der Waals surface area contributed by atoms with Crippen LogP contribution in [0.5, 0.6) is 5.75 Å². The summed E-state index contributed by atoms with van der Waals surface area (Å²) < 4.78 is 19.4. The van der Waals surface area contributed by atoms with Crippen molar-refractivity contribution < 1.29 is 13.9 Å². The van der Waals surface area contributed by atoms with Crippen molar-refractivity contribution in [3.63, 3.8) is 0 Å². The van der Waals surface area contributed by atoms with Gasteiger partial charge in [-0.3, -0.25) is 4.79 Å². The van der Waals surface area contributed by atoms with Crippen LogP contribution in [0.1, 0.15) is 5.56 Å². The Balaban J connectivity index is 1.93. The first kappa shape index (κ1) is 16.0. The van der Waals surface area contributed by atoms with E-state index in [1.165, 1.54) is 17.8 Å². The van der Waals surface area contributed by atoms with Crippen LogP contribution in [-0.2, 0) is 11.2 Å². The molecule has 2 aromatic carbocycles. The highest BCUT2D eigenvalue weighted by Crippen LogP contribution is 2.26. The van der Waals surface area contributed by atoms with E-state index >= 15 is 0 Å². The molecule has 0 fully saturated rings. The summed E-state index contributed by atoms with van der Waals surface area (Å²) >= 11 is 4.62. The molecule has 0 unspecified atom stereocenters. The van der Waals surface area contributed by atoms with Crippen LogP contribution in [0.4, 0.5) is 4.39 Å². The third-order valence-electron chi connectivity index (χ3n) is 2.84. The molecule has 0 radical (unpaired) electrons. The molecule has 5 heteroatoms. The molecule has 2 aromatic rings. The second kappa shape index (κ2) is 7.61. The molecular formula is C16H14BrFO2S. The predicted molar refractivity (Wildman–Crippen MR) is 86.5 cm³/mol. The summed E-state index contributed by atoms with van der Waals surface area (Å²) in [4.78, 5) is 12.5. The van der Waals surface area contributed by atoms with Gasteiger partial charge in [0.2, 0.25) is 0 Å². The van der Waals surface area contributed by atoms with Crippen LogP contribution in [0.2, 0.25) is 0 Å². The predicted octanol–water partition coefficient (Wildman–Crippen LogP) is 4.50. The number of carbonyl (C=O) groups is 1. The van der Waals surface area contributed by atoms with Crippen molar-refractivity contribution in [1.29, 1.82) is 0 Å². The van der Waals surface area contributed by atoms with Gasteiger partial charge in [0.15, 0.2) is 0 Å². The van der Waals surface area contributed by atoms with Gasteiger partial charge in [0, 0.05) is 11.3 Å². The summed E-state index contributed by atoms with van der Waals surface area (Å²) in [7, 11) is 1.59. The Morgan fingerprint density at radius 3 is 2.71 bits per heavy atom. The van der Waals surface area contributed by atoms with E-state index in [-0.39, 0.29) is 17.4 Å². The van der Waals surface area contributed by atoms with Gasteiger partial charge in [-0.25, -0.2) is 4.39 Å². The molecular weight excluding hydrogens is 355 g/mol. The fourth-order valence-corrected chi connectivity index (χ4v) is 3.21. The summed E-state index contributed by atoms with van der Waals surface area (Å²) in [5, 5.41) is 0. The average molecular weight is 369 g/mol. The summed E-state index contributed by atoms with van der Waals surface area (Å²) in [6, 6.07) is 12.0. The molecule has 2 rings (SSSR count). The zero-order valence-corrected chi connectivity index (χ0v) is 13.8. The number of Topliss-reactive ketones (excluding diaryl/α,β-unsaturated/α-hetero) is 1. The van der Waals surface area contributed by atoms with Crippen molar-refractivity contribution in [2.24, 2.45) is 0 Å².